The molecule has 0 unspecified atom stereocenters. The van der Waals surface area contributed by atoms with Crippen LogP contribution in [-0.4, -0.2) is 37.2 Å². The first-order chi connectivity index (χ1) is 11.6. The quantitative estimate of drug-likeness (QED) is 0.765. The molecule has 2 rings (SSSR count). The molecule has 0 radical (unpaired) electrons. The van der Waals surface area contributed by atoms with Gasteiger partial charge in [-0.25, -0.2) is 8.42 Å². The summed E-state index contributed by atoms with van der Waals surface area (Å²) in [6.45, 7) is 3.22. The lowest BCUT2D eigenvalue weighted by Gasteiger charge is -2.16. The van der Waals surface area contributed by atoms with Gasteiger partial charge < -0.3 is 10.3 Å². The van der Waals surface area contributed by atoms with E-state index in [1.54, 1.807) is 19.9 Å². The predicted molar refractivity (Wildman–Crippen MR) is 97.5 cm³/mol. The summed E-state index contributed by atoms with van der Waals surface area (Å²) in [6.07, 6.45) is 0. The molecule has 0 aliphatic rings. The normalized spacial score (nSPS) is 11.7. The minimum Gasteiger partial charge on any atom is -0.351 e. The first kappa shape index (κ1) is 19.6. The summed E-state index contributed by atoms with van der Waals surface area (Å²) in [6, 6.07) is 4.69. The summed E-state index contributed by atoms with van der Waals surface area (Å²) < 4.78 is 26.0. The number of H-pyrrole nitrogens is 1. The number of hydrogen-bond acceptors (Lipinski definition) is 5. The maximum atomic E-state index is 12.3. The highest BCUT2D eigenvalue weighted by atomic mass is 35.5. The number of amides is 1. The Morgan fingerprint density at radius 3 is 2.60 bits per heavy atom. The van der Waals surface area contributed by atoms with Crippen molar-refractivity contribution in [2.45, 2.75) is 24.6 Å². The summed E-state index contributed by atoms with van der Waals surface area (Å²) in [7, 11) is -2.47. The van der Waals surface area contributed by atoms with Gasteiger partial charge in [-0.2, -0.15) is 4.31 Å². The summed E-state index contributed by atoms with van der Waals surface area (Å²) >= 11 is 6.68. The third kappa shape index (κ3) is 4.69. The molecule has 0 saturated carbocycles. The second-order valence-electron chi connectivity index (χ2n) is 5.54. The minimum absolute atomic E-state index is 0.0268. The molecule has 2 heterocycles. The van der Waals surface area contributed by atoms with E-state index in [0.717, 1.165) is 26.9 Å². The average molecular weight is 404 g/mol. The van der Waals surface area contributed by atoms with Gasteiger partial charge in [0.05, 0.1) is 10.9 Å². The monoisotopic (exact) mass is 403 g/mol. The average Bonchev–Trinajstić information content (AvgIpc) is 2.93. The highest BCUT2D eigenvalue weighted by molar-refractivity contribution is 7.91. The number of aromatic amines is 1. The molecule has 136 valence electrons. The number of pyridine rings is 1. The number of sulfonamides is 1. The van der Waals surface area contributed by atoms with Crippen molar-refractivity contribution >= 4 is 38.9 Å². The number of halogens is 1. The lowest BCUT2D eigenvalue weighted by Crippen LogP contribution is -2.38. The van der Waals surface area contributed by atoms with Gasteiger partial charge in [-0.05, 0) is 37.6 Å². The molecular weight excluding hydrogens is 386 g/mol. The van der Waals surface area contributed by atoms with Crippen LogP contribution in [0.3, 0.4) is 0 Å². The van der Waals surface area contributed by atoms with E-state index >= 15 is 0 Å². The molecule has 0 spiro atoms. The molecule has 2 aromatic rings. The molecule has 0 aliphatic heterocycles. The van der Waals surface area contributed by atoms with Gasteiger partial charge in [0, 0.05) is 24.8 Å². The van der Waals surface area contributed by atoms with Crippen molar-refractivity contribution in [3.63, 3.8) is 0 Å². The van der Waals surface area contributed by atoms with Gasteiger partial charge in [0.15, 0.2) is 0 Å². The van der Waals surface area contributed by atoms with E-state index < -0.39 is 15.9 Å². The fourth-order valence-electron chi connectivity index (χ4n) is 2.22. The topological polar surface area (TPSA) is 99.3 Å². The lowest BCUT2D eigenvalue weighted by atomic mass is 10.1. The first-order valence-corrected chi connectivity index (χ1v) is 9.92. The van der Waals surface area contributed by atoms with Crippen LogP contribution in [0.1, 0.15) is 16.8 Å². The molecule has 2 N–H and O–H groups in total. The van der Waals surface area contributed by atoms with Crippen molar-refractivity contribution in [3.8, 4) is 0 Å². The van der Waals surface area contributed by atoms with E-state index in [2.05, 4.69) is 10.3 Å². The van der Waals surface area contributed by atoms with Gasteiger partial charge >= 0.3 is 0 Å². The Balaban J connectivity index is 2.02. The molecule has 1 amide bonds. The van der Waals surface area contributed by atoms with Crippen LogP contribution in [0.5, 0.6) is 0 Å². The predicted octanol–water partition coefficient (Wildman–Crippen LogP) is 1.64. The Hall–Kier alpha value is -1.68. The molecule has 7 nitrogen and oxygen atoms in total. The highest BCUT2D eigenvalue weighted by Gasteiger charge is 2.24. The maximum absolute atomic E-state index is 12.3. The number of aromatic nitrogens is 1. The van der Waals surface area contributed by atoms with Crippen LogP contribution in [0.15, 0.2) is 27.2 Å². The van der Waals surface area contributed by atoms with Gasteiger partial charge in [0.25, 0.3) is 15.6 Å². The van der Waals surface area contributed by atoms with Gasteiger partial charge in [-0.3, -0.25) is 9.59 Å². The standard InChI is InChI=1S/C15H18ClN3O4S2/c1-9-6-10(2)18-15(21)11(9)7-17-13(20)8-19(3)25(22,23)14-5-4-12(16)24-14/h4-6H,7-8H2,1-3H3,(H,17,20)(H,18,21). The molecule has 0 fully saturated rings. The van der Waals surface area contributed by atoms with E-state index in [1.807, 2.05) is 0 Å². The number of carbonyl (C=O) groups is 1. The zero-order chi connectivity index (χ0) is 18.8. The SMILES string of the molecule is Cc1cc(C)c(CNC(=O)CN(C)S(=O)(=O)c2ccc(Cl)s2)c(=O)[nH]1. The Kier molecular flexibility index (Phi) is 6.04. The van der Waals surface area contributed by atoms with Gasteiger partial charge in [0.2, 0.25) is 5.91 Å². The second kappa shape index (κ2) is 7.69. The van der Waals surface area contributed by atoms with Crippen molar-refractivity contribution in [2.75, 3.05) is 13.6 Å². The molecule has 25 heavy (non-hydrogen) atoms. The van der Waals surface area contributed by atoms with Crippen molar-refractivity contribution in [1.29, 1.82) is 0 Å². The van der Waals surface area contributed by atoms with Crippen LogP contribution < -0.4 is 10.9 Å². The van der Waals surface area contributed by atoms with E-state index in [-0.39, 0.29) is 22.9 Å². The fourth-order valence-corrected chi connectivity index (χ4v) is 5.04. The first-order valence-electron chi connectivity index (χ1n) is 7.29. The van der Waals surface area contributed by atoms with E-state index in [4.69, 9.17) is 11.6 Å². The van der Waals surface area contributed by atoms with Crippen LogP contribution in [0.25, 0.3) is 0 Å². The zero-order valence-electron chi connectivity index (χ0n) is 13.9. The maximum Gasteiger partial charge on any atom is 0.253 e. The number of rotatable bonds is 6. The Morgan fingerprint density at radius 2 is 2.04 bits per heavy atom. The summed E-state index contributed by atoms with van der Waals surface area (Å²) in [5, 5.41) is 2.57. The molecule has 2 aromatic heterocycles. The molecule has 0 aromatic carbocycles. The molecule has 0 saturated heterocycles. The van der Waals surface area contributed by atoms with E-state index in [1.165, 1.54) is 19.2 Å². The summed E-state index contributed by atoms with van der Waals surface area (Å²) in [4.78, 5) is 26.6. The number of nitrogens with one attached hydrogen (secondary N) is 2. The summed E-state index contributed by atoms with van der Waals surface area (Å²) in [5.74, 6) is -0.506. The van der Waals surface area contributed by atoms with Crippen LogP contribution >= 0.6 is 22.9 Å². The number of carbonyl (C=O) groups excluding carboxylic acids is 1. The van der Waals surface area contributed by atoms with Gasteiger partial charge in [-0.1, -0.05) is 11.6 Å². The number of likely N-dealkylation sites (N-methyl/N-ethyl adjacent to an activating group) is 1. The van der Waals surface area contributed by atoms with Gasteiger partial charge in [-0.15, -0.1) is 11.3 Å². The van der Waals surface area contributed by atoms with Crippen LogP contribution in [0, 0.1) is 13.8 Å². The van der Waals surface area contributed by atoms with Crippen LogP contribution in [0.4, 0.5) is 0 Å². The number of hydrogen-bond donors (Lipinski definition) is 2. The second-order valence-corrected chi connectivity index (χ2v) is 9.53. The molecule has 0 aliphatic carbocycles. The molecule has 10 heteroatoms. The third-order valence-electron chi connectivity index (χ3n) is 3.54. The molecular formula is C15H18ClN3O4S2. The lowest BCUT2D eigenvalue weighted by molar-refractivity contribution is -0.121. The number of aryl methyl sites for hydroxylation is 2. The Morgan fingerprint density at radius 1 is 1.36 bits per heavy atom. The smallest absolute Gasteiger partial charge is 0.253 e. The molecule has 0 bridgehead atoms. The largest absolute Gasteiger partial charge is 0.351 e. The van der Waals surface area contributed by atoms with E-state index in [9.17, 15) is 18.0 Å². The van der Waals surface area contributed by atoms with Crippen molar-refractivity contribution in [2.24, 2.45) is 0 Å². The Labute approximate surface area is 154 Å². The van der Waals surface area contributed by atoms with Crippen LogP contribution in [-0.2, 0) is 21.4 Å². The minimum atomic E-state index is -3.78. The van der Waals surface area contributed by atoms with Crippen LogP contribution in [0.2, 0.25) is 4.34 Å². The molecule has 0 atom stereocenters. The van der Waals surface area contributed by atoms with Crippen molar-refractivity contribution < 1.29 is 13.2 Å². The van der Waals surface area contributed by atoms with Crippen molar-refractivity contribution in [3.05, 3.63) is 49.7 Å². The summed E-state index contributed by atoms with van der Waals surface area (Å²) in [5.41, 5.74) is 1.66. The zero-order valence-corrected chi connectivity index (χ0v) is 16.3. The third-order valence-corrected chi connectivity index (χ3v) is 7.04. The number of thiophene rings is 1. The Bertz CT molecular complexity index is 950. The van der Waals surface area contributed by atoms with Gasteiger partial charge in [0.1, 0.15) is 4.21 Å². The highest BCUT2D eigenvalue weighted by Crippen LogP contribution is 2.27. The van der Waals surface area contributed by atoms with Crippen molar-refractivity contribution in [1.82, 2.24) is 14.6 Å². The van der Waals surface area contributed by atoms with E-state index in [0.29, 0.717) is 9.90 Å². The number of nitrogens with zero attached hydrogens (tertiary/aromatic N) is 1. The fraction of sp³-hybridized carbons (Fsp3) is 0.333.